The summed E-state index contributed by atoms with van der Waals surface area (Å²) in [5.41, 5.74) is 5.54. The average Bonchev–Trinajstić information content (AvgIpc) is 2.82. The number of ether oxygens (including phenoxy) is 2. The Morgan fingerprint density at radius 3 is 2.58 bits per heavy atom. The quantitative estimate of drug-likeness (QED) is 0.360. The fourth-order valence-electron chi connectivity index (χ4n) is 3.02. The molecule has 0 bridgehead atoms. The summed E-state index contributed by atoms with van der Waals surface area (Å²) in [5, 5.41) is 4.03. The van der Waals surface area contributed by atoms with Crippen molar-refractivity contribution in [1.29, 1.82) is 0 Å². The third-order valence-electron chi connectivity index (χ3n) is 4.93. The first kappa shape index (κ1) is 22.1. The minimum Gasteiger partial charge on any atom is -0.489 e. The zero-order valence-corrected chi connectivity index (χ0v) is 18.0. The van der Waals surface area contributed by atoms with Crippen LogP contribution in [0.4, 0.5) is 0 Å². The van der Waals surface area contributed by atoms with Gasteiger partial charge in [0, 0.05) is 0 Å². The summed E-state index contributed by atoms with van der Waals surface area (Å²) >= 11 is 0. The molecule has 0 saturated carbocycles. The van der Waals surface area contributed by atoms with Gasteiger partial charge in [0.2, 0.25) is 0 Å². The molecule has 0 fully saturated rings. The van der Waals surface area contributed by atoms with E-state index in [1.165, 1.54) is 0 Å². The van der Waals surface area contributed by atoms with Gasteiger partial charge in [0.15, 0.2) is 6.61 Å². The van der Waals surface area contributed by atoms with Crippen LogP contribution in [0.15, 0.2) is 84.0 Å². The Hall–Kier alpha value is -3.60. The second kappa shape index (κ2) is 11.6. The molecule has 31 heavy (non-hydrogen) atoms. The van der Waals surface area contributed by atoms with Crippen molar-refractivity contribution in [2.75, 3.05) is 6.61 Å². The highest BCUT2D eigenvalue weighted by Gasteiger charge is 2.10. The van der Waals surface area contributed by atoms with Gasteiger partial charge in [-0.1, -0.05) is 74.5 Å². The SMILES string of the molecule is CCC(C)c1ccccc1OCC(=O)NN=Cc1cccc(OCc2ccccc2)c1. The van der Waals surface area contributed by atoms with E-state index in [0.717, 1.165) is 34.6 Å². The summed E-state index contributed by atoms with van der Waals surface area (Å²) in [6, 6.07) is 25.3. The van der Waals surface area contributed by atoms with Gasteiger partial charge in [-0.15, -0.1) is 0 Å². The fraction of sp³-hybridized carbons (Fsp3) is 0.231. The number of carbonyl (C=O) groups excluding carboxylic acids is 1. The first-order valence-electron chi connectivity index (χ1n) is 10.5. The number of nitrogens with one attached hydrogen (secondary N) is 1. The van der Waals surface area contributed by atoms with E-state index in [-0.39, 0.29) is 12.5 Å². The standard InChI is InChI=1S/C26H28N2O3/c1-3-20(2)24-14-7-8-15-25(24)31-19-26(29)28-27-17-22-12-9-13-23(16-22)30-18-21-10-5-4-6-11-21/h4-17,20H,3,18-19H2,1-2H3,(H,28,29). The van der Waals surface area contributed by atoms with Gasteiger partial charge in [-0.25, -0.2) is 5.43 Å². The Labute approximate surface area is 183 Å². The van der Waals surface area contributed by atoms with Crippen molar-refractivity contribution in [2.24, 2.45) is 5.10 Å². The van der Waals surface area contributed by atoms with Gasteiger partial charge in [0.05, 0.1) is 6.21 Å². The highest BCUT2D eigenvalue weighted by Crippen LogP contribution is 2.28. The molecule has 0 aromatic heterocycles. The lowest BCUT2D eigenvalue weighted by atomic mass is 9.98. The number of carbonyl (C=O) groups is 1. The van der Waals surface area contributed by atoms with Crippen molar-refractivity contribution in [2.45, 2.75) is 32.8 Å². The van der Waals surface area contributed by atoms with Crippen molar-refractivity contribution in [3.63, 3.8) is 0 Å². The Bertz CT molecular complexity index is 1000. The van der Waals surface area contributed by atoms with E-state index >= 15 is 0 Å². The molecule has 0 aliphatic carbocycles. The third kappa shape index (κ3) is 7.00. The average molecular weight is 417 g/mol. The molecule has 0 heterocycles. The van der Waals surface area contributed by atoms with E-state index in [1.807, 2.05) is 78.9 Å². The van der Waals surface area contributed by atoms with Crippen LogP contribution in [0.5, 0.6) is 11.5 Å². The molecule has 1 atom stereocenters. The highest BCUT2D eigenvalue weighted by molar-refractivity contribution is 5.83. The maximum absolute atomic E-state index is 12.1. The van der Waals surface area contributed by atoms with Gasteiger partial charge in [0.1, 0.15) is 18.1 Å². The number of amides is 1. The molecule has 0 aliphatic rings. The van der Waals surface area contributed by atoms with E-state index in [1.54, 1.807) is 6.21 Å². The van der Waals surface area contributed by atoms with Crippen LogP contribution < -0.4 is 14.9 Å². The van der Waals surface area contributed by atoms with Crippen LogP contribution in [0, 0.1) is 0 Å². The maximum atomic E-state index is 12.1. The van der Waals surface area contributed by atoms with E-state index in [9.17, 15) is 4.79 Å². The van der Waals surface area contributed by atoms with Crippen molar-refractivity contribution >= 4 is 12.1 Å². The van der Waals surface area contributed by atoms with Crippen LogP contribution in [0.2, 0.25) is 0 Å². The molecule has 0 radical (unpaired) electrons. The smallest absolute Gasteiger partial charge is 0.277 e. The topological polar surface area (TPSA) is 59.9 Å². The van der Waals surface area contributed by atoms with Crippen molar-refractivity contribution in [3.8, 4) is 11.5 Å². The summed E-state index contributed by atoms with van der Waals surface area (Å²) in [5.74, 6) is 1.53. The molecule has 1 N–H and O–H groups in total. The number of benzene rings is 3. The molecule has 5 nitrogen and oxygen atoms in total. The highest BCUT2D eigenvalue weighted by atomic mass is 16.5. The zero-order valence-electron chi connectivity index (χ0n) is 18.0. The lowest BCUT2D eigenvalue weighted by Gasteiger charge is -2.15. The van der Waals surface area contributed by atoms with E-state index in [2.05, 4.69) is 24.4 Å². The first-order chi connectivity index (χ1) is 15.2. The third-order valence-corrected chi connectivity index (χ3v) is 4.93. The number of hydrogen-bond donors (Lipinski definition) is 1. The van der Waals surface area contributed by atoms with Crippen molar-refractivity contribution in [3.05, 3.63) is 95.6 Å². The summed E-state index contributed by atoms with van der Waals surface area (Å²) in [4.78, 5) is 12.1. The summed E-state index contributed by atoms with van der Waals surface area (Å²) < 4.78 is 11.5. The second-order valence-corrected chi connectivity index (χ2v) is 7.28. The van der Waals surface area contributed by atoms with Gasteiger partial charge in [-0.2, -0.15) is 5.10 Å². The number of para-hydroxylation sites is 1. The van der Waals surface area contributed by atoms with Crippen molar-refractivity contribution < 1.29 is 14.3 Å². The number of hydrogen-bond acceptors (Lipinski definition) is 4. The van der Waals surface area contributed by atoms with Crippen LogP contribution in [0.3, 0.4) is 0 Å². The van der Waals surface area contributed by atoms with Gasteiger partial charge >= 0.3 is 0 Å². The Morgan fingerprint density at radius 2 is 1.77 bits per heavy atom. The molecular weight excluding hydrogens is 388 g/mol. The normalized spacial score (nSPS) is 11.8. The predicted octanol–water partition coefficient (Wildman–Crippen LogP) is 5.31. The first-order valence-corrected chi connectivity index (χ1v) is 10.5. The van der Waals surface area contributed by atoms with Gasteiger partial charge < -0.3 is 9.47 Å². The van der Waals surface area contributed by atoms with Crippen LogP contribution in [-0.4, -0.2) is 18.7 Å². The Kier molecular flexibility index (Phi) is 8.23. The molecule has 0 aliphatic heterocycles. The molecule has 0 spiro atoms. The van der Waals surface area contributed by atoms with Gasteiger partial charge in [0.25, 0.3) is 5.91 Å². The van der Waals surface area contributed by atoms with Crippen molar-refractivity contribution in [1.82, 2.24) is 5.43 Å². The van der Waals surface area contributed by atoms with Gasteiger partial charge in [-0.3, -0.25) is 4.79 Å². The largest absolute Gasteiger partial charge is 0.489 e. The lowest BCUT2D eigenvalue weighted by Crippen LogP contribution is -2.25. The fourth-order valence-corrected chi connectivity index (χ4v) is 3.02. The summed E-state index contributed by atoms with van der Waals surface area (Å²) in [6.07, 6.45) is 2.59. The molecule has 1 amide bonds. The minimum atomic E-state index is -0.313. The van der Waals surface area contributed by atoms with Gasteiger partial charge in [-0.05, 0) is 47.2 Å². The van der Waals surface area contributed by atoms with Crippen LogP contribution in [-0.2, 0) is 11.4 Å². The monoisotopic (exact) mass is 416 g/mol. The molecule has 1 unspecified atom stereocenters. The maximum Gasteiger partial charge on any atom is 0.277 e. The number of nitrogens with zero attached hydrogens (tertiary/aromatic N) is 1. The molecule has 3 aromatic rings. The molecule has 5 heteroatoms. The van der Waals surface area contributed by atoms with Crippen LogP contribution >= 0.6 is 0 Å². The van der Waals surface area contributed by atoms with E-state index < -0.39 is 0 Å². The number of rotatable bonds is 10. The molecule has 0 saturated heterocycles. The second-order valence-electron chi connectivity index (χ2n) is 7.28. The van der Waals surface area contributed by atoms with E-state index in [0.29, 0.717) is 12.5 Å². The molecule has 160 valence electrons. The Balaban J connectivity index is 1.49. The summed E-state index contributed by atoms with van der Waals surface area (Å²) in [6.45, 7) is 4.67. The zero-order chi connectivity index (χ0) is 21.9. The molecule has 3 aromatic carbocycles. The van der Waals surface area contributed by atoms with E-state index in [4.69, 9.17) is 9.47 Å². The van der Waals surface area contributed by atoms with Crippen LogP contribution in [0.25, 0.3) is 0 Å². The van der Waals surface area contributed by atoms with Crippen LogP contribution in [0.1, 0.15) is 42.9 Å². The number of hydrazone groups is 1. The molecule has 3 rings (SSSR count). The summed E-state index contributed by atoms with van der Waals surface area (Å²) in [7, 11) is 0. The molecular formula is C26H28N2O3. The predicted molar refractivity (Wildman–Crippen MR) is 124 cm³/mol. The minimum absolute atomic E-state index is 0.0922. The lowest BCUT2D eigenvalue weighted by molar-refractivity contribution is -0.123. The Morgan fingerprint density at radius 1 is 1.00 bits per heavy atom.